The lowest BCUT2D eigenvalue weighted by molar-refractivity contribution is -0.117. The van der Waals surface area contributed by atoms with E-state index in [1.54, 1.807) is 31.2 Å². The zero-order valence-corrected chi connectivity index (χ0v) is 9.03. The number of ether oxygens (including phenoxy) is 1. The molecule has 1 aromatic rings. The number of hydrogen-bond acceptors (Lipinski definition) is 3. The van der Waals surface area contributed by atoms with Crippen LogP contribution in [0, 0.1) is 0 Å². The number of nitrogens with one attached hydrogen (secondary N) is 1. The van der Waals surface area contributed by atoms with Gasteiger partial charge in [0.25, 0.3) is 0 Å². The summed E-state index contributed by atoms with van der Waals surface area (Å²) >= 11 is 0. The monoisotopic (exact) mass is 222 g/mol. The molecule has 0 atom stereocenters. The van der Waals surface area contributed by atoms with E-state index in [1.165, 1.54) is 0 Å². The molecule has 0 bridgehead atoms. The average Bonchev–Trinajstić information content (AvgIpc) is 2.20. The van der Waals surface area contributed by atoms with Gasteiger partial charge in [-0.1, -0.05) is 18.2 Å². The summed E-state index contributed by atoms with van der Waals surface area (Å²) in [6.07, 6.45) is -0.456. The van der Waals surface area contributed by atoms with Crippen molar-refractivity contribution in [2.75, 3.05) is 11.9 Å². The average molecular weight is 222 g/mol. The van der Waals surface area contributed by atoms with Crippen LogP contribution in [-0.4, -0.2) is 18.6 Å². The molecule has 0 radical (unpaired) electrons. The van der Waals surface area contributed by atoms with Gasteiger partial charge in [0.15, 0.2) is 0 Å². The van der Waals surface area contributed by atoms with Crippen LogP contribution in [0.1, 0.15) is 12.5 Å². The van der Waals surface area contributed by atoms with Crippen molar-refractivity contribution < 1.29 is 14.3 Å². The molecule has 0 aromatic heterocycles. The van der Waals surface area contributed by atoms with Gasteiger partial charge in [0.05, 0.1) is 13.0 Å². The Hall–Kier alpha value is -2.04. The van der Waals surface area contributed by atoms with Crippen molar-refractivity contribution >= 4 is 17.7 Å². The molecule has 0 aliphatic carbocycles. The zero-order valence-electron chi connectivity index (χ0n) is 9.03. The van der Waals surface area contributed by atoms with E-state index < -0.39 is 12.0 Å². The van der Waals surface area contributed by atoms with Gasteiger partial charge in [-0.05, 0) is 18.6 Å². The lowest BCUT2D eigenvalue weighted by Gasteiger charge is -2.09. The van der Waals surface area contributed by atoms with Crippen LogP contribution in [0.15, 0.2) is 24.3 Å². The molecule has 0 heterocycles. The molecule has 0 aliphatic rings. The molecule has 0 saturated carbocycles. The van der Waals surface area contributed by atoms with E-state index in [9.17, 15) is 9.59 Å². The van der Waals surface area contributed by atoms with Crippen molar-refractivity contribution in [2.24, 2.45) is 5.73 Å². The molecule has 1 rings (SSSR count). The summed E-state index contributed by atoms with van der Waals surface area (Å²) in [4.78, 5) is 22.0. The fourth-order valence-electron chi connectivity index (χ4n) is 1.26. The largest absolute Gasteiger partial charge is 0.450 e. The van der Waals surface area contributed by atoms with E-state index in [-0.39, 0.29) is 6.42 Å². The van der Waals surface area contributed by atoms with Crippen LogP contribution in [0.2, 0.25) is 0 Å². The fourth-order valence-corrected chi connectivity index (χ4v) is 1.26. The van der Waals surface area contributed by atoms with E-state index in [4.69, 9.17) is 10.5 Å². The molecule has 3 N–H and O–H groups in total. The van der Waals surface area contributed by atoms with Gasteiger partial charge in [-0.3, -0.25) is 10.1 Å². The normalized spacial score (nSPS) is 9.56. The van der Waals surface area contributed by atoms with Gasteiger partial charge in [-0.25, -0.2) is 4.79 Å². The molecule has 16 heavy (non-hydrogen) atoms. The molecule has 2 amide bonds. The molecular formula is C11H14N2O3. The number of carbonyl (C=O) groups is 2. The second-order valence-corrected chi connectivity index (χ2v) is 3.15. The third kappa shape index (κ3) is 3.61. The number of nitrogens with two attached hydrogens (primary N) is 1. The van der Waals surface area contributed by atoms with Gasteiger partial charge in [-0.15, -0.1) is 0 Å². The lowest BCUT2D eigenvalue weighted by atomic mass is 10.1. The van der Waals surface area contributed by atoms with Gasteiger partial charge in [0.1, 0.15) is 0 Å². The summed E-state index contributed by atoms with van der Waals surface area (Å²) in [5.41, 5.74) is 6.31. The fraction of sp³-hybridized carbons (Fsp3) is 0.273. The first-order chi connectivity index (χ1) is 7.63. The minimum atomic E-state index is -0.542. The van der Waals surface area contributed by atoms with Crippen molar-refractivity contribution in [3.8, 4) is 0 Å². The van der Waals surface area contributed by atoms with Crippen LogP contribution in [0.25, 0.3) is 0 Å². The minimum Gasteiger partial charge on any atom is -0.450 e. The minimum absolute atomic E-state index is 0.0859. The Labute approximate surface area is 93.6 Å². The topological polar surface area (TPSA) is 81.4 Å². The number of primary amides is 1. The van der Waals surface area contributed by atoms with Crippen LogP contribution < -0.4 is 11.1 Å². The summed E-state index contributed by atoms with van der Waals surface area (Å²) in [5.74, 6) is -0.446. The number of anilines is 1. The highest BCUT2D eigenvalue weighted by atomic mass is 16.5. The highest BCUT2D eigenvalue weighted by Crippen LogP contribution is 2.15. The molecule has 5 nitrogen and oxygen atoms in total. The Bertz CT molecular complexity index is 391. The van der Waals surface area contributed by atoms with E-state index in [0.717, 1.165) is 0 Å². The van der Waals surface area contributed by atoms with Gasteiger partial charge in [0, 0.05) is 5.69 Å². The van der Waals surface area contributed by atoms with E-state index in [1.807, 2.05) is 0 Å². The Kier molecular flexibility index (Phi) is 4.32. The molecule has 0 saturated heterocycles. The Balaban J connectivity index is 2.78. The smallest absolute Gasteiger partial charge is 0.411 e. The van der Waals surface area contributed by atoms with Crippen LogP contribution >= 0.6 is 0 Å². The molecule has 0 fully saturated rings. The van der Waals surface area contributed by atoms with Crippen molar-refractivity contribution in [2.45, 2.75) is 13.3 Å². The van der Waals surface area contributed by atoms with Gasteiger partial charge >= 0.3 is 6.09 Å². The number of para-hydroxylation sites is 1. The molecule has 86 valence electrons. The van der Waals surface area contributed by atoms with Crippen molar-refractivity contribution in [3.63, 3.8) is 0 Å². The first kappa shape index (κ1) is 12.0. The van der Waals surface area contributed by atoms with E-state index >= 15 is 0 Å². The van der Waals surface area contributed by atoms with E-state index in [0.29, 0.717) is 17.9 Å². The predicted octanol–water partition coefficient (Wildman–Crippen LogP) is 1.28. The van der Waals surface area contributed by atoms with Gasteiger partial charge < -0.3 is 10.5 Å². The Morgan fingerprint density at radius 2 is 2.06 bits per heavy atom. The highest BCUT2D eigenvalue weighted by molar-refractivity contribution is 5.87. The third-order valence-corrected chi connectivity index (χ3v) is 1.89. The number of hydrogen-bond donors (Lipinski definition) is 2. The van der Waals surface area contributed by atoms with Crippen LogP contribution in [-0.2, 0) is 16.0 Å². The lowest BCUT2D eigenvalue weighted by Crippen LogP contribution is -2.18. The molecule has 5 heteroatoms. The van der Waals surface area contributed by atoms with Gasteiger partial charge in [-0.2, -0.15) is 0 Å². The summed E-state index contributed by atoms with van der Waals surface area (Å²) in [7, 11) is 0. The predicted molar refractivity (Wildman–Crippen MR) is 60.0 cm³/mol. The van der Waals surface area contributed by atoms with Crippen molar-refractivity contribution in [1.29, 1.82) is 0 Å². The third-order valence-electron chi connectivity index (χ3n) is 1.89. The van der Waals surface area contributed by atoms with E-state index in [2.05, 4.69) is 5.32 Å². The molecular weight excluding hydrogens is 208 g/mol. The highest BCUT2D eigenvalue weighted by Gasteiger charge is 2.08. The zero-order chi connectivity index (χ0) is 12.0. The number of benzene rings is 1. The Morgan fingerprint density at radius 3 is 2.69 bits per heavy atom. The summed E-state index contributed by atoms with van der Waals surface area (Å²) in [5, 5.41) is 2.55. The summed E-state index contributed by atoms with van der Waals surface area (Å²) < 4.78 is 4.74. The number of carbonyl (C=O) groups excluding carboxylic acids is 2. The second-order valence-electron chi connectivity index (χ2n) is 3.15. The second kappa shape index (κ2) is 5.75. The maximum absolute atomic E-state index is 11.2. The molecule has 1 aromatic carbocycles. The quantitative estimate of drug-likeness (QED) is 0.805. The van der Waals surface area contributed by atoms with Crippen LogP contribution in [0.3, 0.4) is 0 Å². The summed E-state index contributed by atoms with van der Waals surface area (Å²) in [6, 6.07) is 6.95. The van der Waals surface area contributed by atoms with Crippen molar-refractivity contribution in [1.82, 2.24) is 0 Å². The molecule has 0 unspecified atom stereocenters. The summed E-state index contributed by atoms with van der Waals surface area (Å²) in [6.45, 7) is 2.01. The van der Waals surface area contributed by atoms with Crippen molar-refractivity contribution in [3.05, 3.63) is 29.8 Å². The molecule has 0 aliphatic heterocycles. The number of amides is 2. The Morgan fingerprint density at radius 1 is 1.38 bits per heavy atom. The standard InChI is InChI=1S/C11H14N2O3/c1-2-16-11(15)13-9-6-4-3-5-8(9)7-10(12)14/h3-6H,2,7H2,1H3,(H2,12,14)(H,13,15). The van der Waals surface area contributed by atoms with Gasteiger partial charge in [0.2, 0.25) is 5.91 Å². The van der Waals surface area contributed by atoms with Crippen LogP contribution in [0.5, 0.6) is 0 Å². The SMILES string of the molecule is CCOC(=O)Nc1ccccc1CC(N)=O. The first-order valence-corrected chi connectivity index (χ1v) is 4.93. The molecule has 0 spiro atoms. The maximum Gasteiger partial charge on any atom is 0.411 e. The number of rotatable bonds is 4. The first-order valence-electron chi connectivity index (χ1n) is 4.93. The van der Waals surface area contributed by atoms with Crippen LogP contribution in [0.4, 0.5) is 10.5 Å². The maximum atomic E-state index is 11.2.